The number of hydrogen-bond acceptors (Lipinski definition) is 5. The number of carbonyl (C=O) groups excluding carboxylic acids is 2. The molecule has 1 aromatic heterocycles. The minimum atomic E-state index is -0.691. The number of rotatable bonds is 16. The van der Waals surface area contributed by atoms with Gasteiger partial charge < -0.3 is 31.0 Å². The van der Waals surface area contributed by atoms with E-state index in [1.807, 2.05) is 30.5 Å². The average molecular weight is 598 g/mol. The number of benzene rings is 3. The molecule has 8 heteroatoms. The molecule has 2 amide bonds. The van der Waals surface area contributed by atoms with Crippen LogP contribution in [0, 0.1) is 5.92 Å². The van der Waals surface area contributed by atoms with Crippen molar-refractivity contribution in [3.63, 3.8) is 0 Å². The maximum absolute atomic E-state index is 14.0. The monoisotopic (exact) mass is 597 g/mol. The van der Waals surface area contributed by atoms with Crippen LogP contribution in [0.3, 0.4) is 0 Å². The number of piperidine rings is 1. The number of unbranched alkanes of at least 4 members (excludes halogenated alkanes) is 1. The molecule has 234 valence electrons. The highest BCUT2D eigenvalue weighted by molar-refractivity contribution is 5.90. The second-order valence-corrected chi connectivity index (χ2v) is 11.9. The van der Waals surface area contributed by atoms with Crippen LogP contribution in [0.25, 0.3) is 21.7 Å². The summed E-state index contributed by atoms with van der Waals surface area (Å²) in [7, 11) is 0. The highest BCUT2D eigenvalue weighted by Crippen LogP contribution is 2.21. The van der Waals surface area contributed by atoms with Gasteiger partial charge in [0.25, 0.3) is 0 Å². The summed E-state index contributed by atoms with van der Waals surface area (Å²) in [5, 5.41) is 16.5. The number of nitrogens with one attached hydrogen (secondary N) is 5. The van der Waals surface area contributed by atoms with Gasteiger partial charge >= 0.3 is 0 Å². The Kier molecular flexibility index (Phi) is 11.8. The van der Waals surface area contributed by atoms with Crippen LogP contribution in [-0.4, -0.2) is 68.3 Å². The molecule has 5 N–H and O–H groups in total. The van der Waals surface area contributed by atoms with Gasteiger partial charge in [0.1, 0.15) is 6.04 Å². The predicted molar refractivity (Wildman–Crippen MR) is 178 cm³/mol. The number of ether oxygens (including phenoxy) is 1. The number of fused-ring (bicyclic) bond motifs is 2. The molecule has 3 aromatic carbocycles. The second kappa shape index (κ2) is 16.4. The third-order valence-corrected chi connectivity index (χ3v) is 8.55. The Labute approximate surface area is 260 Å². The van der Waals surface area contributed by atoms with Crippen molar-refractivity contribution in [2.75, 3.05) is 39.4 Å². The molecule has 1 aliphatic rings. The summed E-state index contributed by atoms with van der Waals surface area (Å²) in [5.74, 6) is -0.311. The maximum atomic E-state index is 14.0. The van der Waals surface area contributed by atoms with Crippen molar-refractivity contribution in [2.24, 2.45) is 5.92 Å². The summed E-state index contributed by atoms with van der Waals surface area (Å²) in [6, 6.07) is 21.7. The zero-order valence-electron chi connectivity index (χ0n) is 25.9. The first kappa shape index (κ1) is 31.7. The summed E-state index contributed by atoms with van der Waals surface area (Å²) >= 11 is 0. The van der Waals surface area contributed by atoms with Crippen molar-refractivity contribution in [2.45, 2.75) is 57.5 Å². The summed E-state index contributed by atoms with van der Waals surface area (Å²) in [6.07, 6.45) is 6.62. The van der Waals surface area contributed by atoms with E-state index in [2.05, 4.69) is 75.6 Å². The fourth-order valence-corrected chi connectivity index (χ4v) is 6.06. The van der Waals surface area contributed by atoms with Gasteiger partial charge in [-0.05, 0) is 86.2 Å². The first-order valence-electron chi connectivity index (χ1n) is 16.2. The van der Waals surface area contributed by atoms with E-state index >= 15 is 0 Å². The number of hydrogen-bond donors (Lipinski definition) is 5. The van der Waals surface area contributed by atoms with E-state index in [9.17, 15) is 9.59 Å². The van der Waals surface area contributed by atoms with Crippen LogP contribution < -0.4 is 21.3 Å². The molecule has 8 nitrogen and oxygen atoms in total. The maximum Gasteiger partial charge on any atom is 0.243 e. The molecule has 5 rings (SSSR count). The number of aromatic nitrogens is 1. The minimum absolute atomic E-state index is 0.0439. The summed E-state index contributed by atoms with van der Waals surface area (Å²) in [4.78, 5) is 30.8. The van der Waals surface area contributed by atoms with Crippen molar-refractivity contribution in [1.82, 2.24) is 26.3 Å². The molecule has 0 bridgehead atoms. The Bertz CT molecular complexity index is 1500. The second-order valence-electron chi connectivity index (χ2n) is 11.9. The lowest BCUT2D eigenvalue weighted by Crippen LogP contribution is -2.53. The molecule has 1 unspecified atom stereocenters. The fourth-order valence-electron chi connectivity index (χ4n) is 6.06. The molecule has 0 spiro atoms. The first-order valence-corrected chi connectivity index (χ1v) is 16.2. The highest BCUT2D eigenvalue weighted by atomic mass is 16.5. The molecule has 2 atom stereocenters. The van der Waals surface area contributed by atoms with Gasteiger partial charge in [0.15, 0.2) is 0 Å². The van der Waals surface area contributed by atoms with Crippen molar-refractivity contribution in [1.29, 1.82) is 0 Å². The standard InChI is InChI=1S/C36H47N5O3/c1-2-37-17-7-8-20-44-25-31(23-30-24-39-33-12-6-5-11-32(30)33)40-36(43)34(41-35(42)28-15-18-38-19-16-28)22-26-13-14-27-9-3-4-10-29(27)21-26/h3-6,9-14,21,24,28,31,34,37-39H,2,7-8,15-20,22-23,25H2,1H3,(H,40,43)(H,41,42)/t31?,34-/m1/s1. The quantitative estimate of drug-likeness (QED) is 0.123. The molecule has 0 radical (unpaired) electrons. The van der Waals surface area contributed by atoms with Crippen molar-refractivity contribution >= 4 is 33.5 Å². The Balaban J connectivity index is 1.31. The van der Waals surface area contributed by atoms with Crippen LogP contribution >= 0.6 is 0 Å². The Morgan fingerprint density at radius 2 is 1.73 bits per heavy atom. The predicted octanol–water partition coefficient (Wildman–Crippen LogP) is 4.48. The lowest BCUT2D eigenvalue weighted by molar-refractivity contribution is -0.132. The molecule has 0 aliphatic carbocycles. The van der Waals surface area contributed by atoms with Crippen LogP contribution in [0.15, 0.2) is 72.9 Å². The van der Waals surface area contributed by atoms with Crippen molar-refractivity contribution in [3.8, 4) is 0 Å². The normalized spacial score (nSPS) is 15.3. The molecule has 1 aliphatic heterocycles. The lowest BCUT2D eigenvalue weighted by Gasteiger charge is -2.27. The van der Waals surface area contributed by atoms with E-state index in [0.717, 1.165) is 84.7 Å². The Hall–Kier alpha value is -3.72. The zero-order valence-corrected chi connectivity index (χ0v) is 25.9. The molecule has 1 fully saturated rings. The number of H-pyrrole nitrogens is 1. The van der Waals surface area contributed by atoms with Gasteiger partial charge in [-0.2, -0.15) is 0 Å². The van der Waals surface area contributed by atoms with Crippen LogP contribution in [-0.2, 0) is 27.2 Å². The third-order valence-electron chi connectivity index (χ3n) is 8.55. The van der Waals surface area contributed by atoms with E-state index in [4.69, 9.17) is 4.74 Å². The SMILES string of the molecule is CCNCCCCOCC(Cc1c[nH]c2ccccc12)NC(=O)[C@@H](Cc1ccc2ccccc2c1)NC(=O)C1CCNCC1. The van der Waals surface area contributed by atoms with Gasteiger partial charge in [-0.15, -0.1) is 0 Å². The molecule has 4 aromatic rings. The highest BCUT2D eigenvalue weighted by Gasteiger charge is 2.28. The lowest BCUT2D eigenvalue weighted by atomic mass is 9.95. The average Bonchev–Trinajstić information content (AvgIpc) is 3.46. The Morgan fingerprint density at radius 3 is 2.57 bits per heavy atom. The van der Waals surface area contributed by atoms with E-state index in [-0.39, 0.29) is 23.8 Å². The molecular weight excluding hydrogens is 550 g/mol. The number of amides is 2. The zero-order chi connectivity index (χ0) is 30.6. The molecule has 1 saturated heterocycles. The van der Waals surface area contributed by atoms with Gasteiger partial charge in [-0.3, -0.25) is 9.59 Å². The van der Waals surface area contributed by atoms with Crippen LogP contribution in [0.1, 0.15) is 43.7 Å². The summed E-state index contributed by atoms with van der Waals surface area (Å²) in [5.41, 5.74) is 3.21. The van der Waals surface area contributed by atoms with Crippen LogP contribution in [0.5, 0.6) is 0 Å². The third kappa shape index (κ3) is 8.91. The molecule has 44 heavy (non-hydrogen) atoms. The van der Waals surface area contributed by atoms with Gasteiger partial charge in [0, 0.05) is 36.0 Å². The number of carbonyl (C=O) groups is 2. The van der Waals surface area contributed by atoms with E-state index in [1.165, 1.54) is 0 Å². The Morgan fingerprint density at radius 1 is 0.932 bits per heavy atom. The van der Waals surface area contributed by atoms with Crippen molar-refractivity contribution in [3.05, 3.63) is 84.1 Å². The minimum Gasteiger partial charge on any atom is -0.379 e. The van der Waals surface area contributed by atoms with Gasteiger partial charge in [-0.1, -0.05) is 67.6 Å². The van der Waals surface area contributed by atoms with Crippen molar-refractivity contribution < 1.29 is 14.3 Å². The number of para-hydroxylation sites is 1. The summed E-state index contributed by atoms with van der Waals surface area (Å²) in [6.45, 7) is 6.72. The molecule has 0 saturated carbocycles. The van der Waals surface area contributed by atoms with E-state index < -0.39 is 6.04 Å². The van der Waals surface area contributed by atoms with Crippen LogP contribution in [0.4, 0.5) is 0 Å². The fraction of sp³-hybridized carbons (Fsp3) is 0.444. The topological polar surface area (TPSA) is 107 Å². The largest absolute Gasteiger partial charge is 0.379 e. The first-order chi connectivity index (χ1) is 21.6. The van der Waals surface area contributed by atoms with E-state index in [0.29, 0.717) is 26.1 Å². The number of aromatic amines is 1. The summed E-state index contributed by atoms with van der Waals surface area (Å²) < 4.78 is 6.11. The molecular formula is C36H47N5O3. The molecule has 2 heterocycles. The van der Waals surface area contributed by atoms with Gasteiger partial charge in [0.2, 0.25) is 11.8 Å². The van der Waals surface area contributed by atoms with E-state index in [1.54, 1.807) is 0 Å². The van der Waals surface area contributed by atoms with Gasteiger partial charge in [0.05, 0.1) is 12.6 Å². The van der Waals surface area contributed by atoms with Crippen LogP contribution in [0.2, 0.25) is 0 Å². The smallest absolute Gasteiger partial charge is 0.243 e. The van der Waals surface area contributed by atoms with Gasteiger partial charge in [-0.25, -0.2) is 0 Å².